The van der Waals surface area contributed by atoms with Crippen LogP contribution in [-0.4, -0.2) is 51.4 Å². The Hall–Kier alpha value is -4.46. The molecule has 2 aliphatic rings. The summed E-state index contributed by atoms with van der Waals surface area (Å²) in [6.07, 6.45) is -3.56. The summed E-state index contributed by atoms with van der Waals surface area (Å²) in [7, 11) is 4.29. The second kappa shape index (κ2) is 10.8. The first-order valence-corrected chi connectivity index (χ1v) is 12.9. The number of carbonyl (C=O) groups is 1. The van der Waals surface area contributed by atoms with Crippen molar-refractivity contribution in [2.75, 3.05) is 34.7 Å². The summed E-state index contributed by atoms with van der Waals surface area (Å²) < 4.78 is 76.0. The predicted octanol–water partition coefficient (Wildman–Crippen LogP) is 3.10. The van der Waals surface area contributed by atoms with Crippen molar-refractivity contribution in [1.29, 1.82) is 0 Å². The van der Waals surface area contributed by atoms with Crippen LogP contribution in [0.1, 0.15) is 24.1 Å². The number of alkyl halides is 3. The van der Waals surface area contributed by atoms with E-state index in [-0.39, 0.29) is 34.0 Å². The first-order valence-electron chi connectivity index (χ1n) is 12.1. The van der Waals surface area contributed by atoms with E-state index in [0.717, 1.165) is 15.9 Å². The fraction of sp³-hybridized carbons (Fsp3) is 0.296. The van der Waals surface area contributed by atoms with Gasteiger partial charge in [-0.25, -0.2) is 9.79 Å². The number of rotatable bonds is 7. The highest BCUT2D eigenvalue weighted by molar-refractivity contribution is 7.07. The van der Waals surface area contributed by atoms with Gasteiger partial charge in [0.2, 0.25) is 12.5 Å². The van der Waals surface area contributed by atoms with Crippen molar-refractivity contribution in [3.63, 3.8) is 0 Å². The van der Waals surface area contributed by atoms with Crippen molar-refractivity contribution in [3.05, 3.63) is 72.4 Å². The number of esters is 1. The van der Waals surface area contributed by atoms with E-state index in [2.05, 4.69) is 4.99 Å². The third kappa shape index (κ3) is 4.99. The zero-order valence-electron chi connectivity index (χ0n) is 22.2. The van der Waals surface area contributed by atoms with Gasteiger partial charge in [0.05, 0.1) is 44.1 Å². The summed E-state index contributed by atoms with van der Waals surface area (Å²) in [5.74, 6) is 0.341. The third-order valence-electron chi connectivity index (χ3n) is 6.29. The molecule has 0 amide bonds. The quantitative estimate of drug-likeness (QED) is 0.386. The molecule has 3 heterocycles. The number of allylic oxidation sites excluding steroid dienone is 1. The smallest absolute Gasteiger partial charge is 0.434 e. The SMILES string of the molecule is CCOC(=O)C1=C(C(F)(F)F)N=c2s/c(=C\c3cc(OC)c(OC)c(OC)c3)c(=O)n2[C@H]1c1ccc2c(c1)OCO2. The van der Waals surface area contributed by atoms with Crippen molar-refractivity contribution >= 4 is 23.4 Å². The van der Waals surface area contributed by atoms with E-state index in [0.29, 0.717) is 28.6 Å². The van der Waals surface area contributed by atoms with Gasteiger partial charge in [-0.2, -0.15) is 13.2 Å². The molecule has 0 saturated heterocycles. The number of benzene rings is 2. The normalized spacial score (nSPS) is 16.3. The van der Waals surface area contributed by atoms with Gasteiger partial charge >= 0.3 is 12.1 Å². The van der Waals surface area contributed by atoms with Crippen LogP contribution >= 0.6 is 11.3 Å². The van der Waals surface area contributed by atoms with Gasteiger partial charge in [0.1, 0.15) is 0 Å². The second-order valence-corrected chi connectivity index (χ2v) is 9.64. The molecule has 2 aromatic carbocycles. The number of ether oxygens (including phenoxy) is 6. The third-order valence-corrected chi connectivity index (χ3v) is 7.28. The van der Waals surface area contributed by atoms with Crippen molar-refractivity contribution < 1.29 is 46.4 Å². The maximum Gasteiger partial charge on any atom is 0.434 e. The molecule has 1 aromatic heterocycles. The number of hydrogen-bond acceptors (Lipinski definition) is 10. The molecule has 0 saturated carbocycles. The average Bonchev–Trinajstić information content (AvgIpc) is 3.54. The van der Waals surface area contributed by atoms with E-state index >= 15 is 0 Å². The highest BCUT2D eigenvalue weighted by atomic mass is 32.1. The Morgan fingerprint density at radius 3 is 2.39 bits per heavy atom. The molecular formula is C27H23F3N2O8S. The molecular weight excluding hydrogens is 569 g/mol. The Labute approximate surface area is 234 Å². The number of thiazole rings is 1. The summed E-state index contributed by atoms with van der Waals surface area (Å²) in [6.45, 7) is 1.20. The lowest BCUT2D eigenvalue weighted by atomic mass is 9.95. The van der Waals surface area contributed by atoms with E-state index in [4.69, 9.17) is 28.4 Å². The Balaban J connectivity index is 1.79. The molecule has 0 bridgehead atoms. The van der Waals surface area contributed by atoms with Gasteiger partial charge in [-0.3, -0.25) is 9.36 Å². The molecule has 1 atom stereocenters. The van der Waals surface area contributed by atoms with Crippen LogP contribution in [0.15, 0.2) is 51.4 Å². The van der Waals surface area contributed by atoms with Crippen molar-refractivity contribution in [2.45, 2.75) is 19.1 Å². The lowest BCUT2D eigenvalue weighted by molar-refractivity contribution is -0.140. The van der Waals surface area contributed by atoms with Crippen LogP contribution in [0, 0.1) is 0 Å². The molecule has 0 unspecified atom stereocenters. The van der Waals surface area contributed by atoms with Crippen LogP contribution < -0.4 is 38.6 Å². The molecule has 0 radical (unpaired) electrons. The second-order valence-electron chi connectivity index (χ2n) is 8.63. The van der Waals surface area contributed by atoms with Gasteiger partial charge in [-0.15, -0.1) is 0 Å². The van der Waals surface area contributed by atoms with Gasteiger partial charge in [0.15, 0.2) is 33.5 Å². The predicted molar refractivity (Wildman–Crippen MR) is 139 cm³/mol. The molecule has 5 rings (SSSR count). The summed E-state index contributed by atoms with van der Waals surface area (Å²) in [5, 5.41) is 0. The lowest BCUT2D eigenvalue weighted by Gasteiger charge is -2.26. The molecule has 216 valence electrons. The van der Waals surface area contributed by atoms with Gasteiger partial charge in [-0.1, -0.05) is 17.4 Å². The van der Waals surface area contributed by atoms with Crippen molar-refractivity contribution in [3.8, 4) is 28.7 Å². The zero-order chi connectivity index (χ0) is 29.5. The number of aromatic nitrogens is 1. The molecule has 0 fully saturated rings. The van der Waals surface area contributed by atoms with Crippen molar-refractivity contribution in [2.24, 2.45) is 4.99 Å². The Kier molecular flexibility index (Phi) is 7.43. The van der Waals surface area contributed by atoms with Gasteiger partial charge in [0.25, 0.3) is 5.56 Å². The minimum atomic E-state index is -5.03. The van der Waals surface area contributed by atoms with Crippen LogP contribution in [0.2, 0.25) is 0 Å². The number of nitrogens with zero attached hydrogens (tertiary/aromatic N) is 2. The molecule has 0 spiro atoms. The van der Waals surface area contributed by atoms with E-state index in [9.17, 15) is 22.8 Å². The molecule has 0 aliphatic carbocycles. The van der Waals surface area contributed by atoms with Crippen LogP contribution in [0.4, 0.5) is 13.2 Å². The number of carbonyl (C=O) groups excluding carboxylic acids is 1. The fourth-order valence-electron chi connectivity index (χ4n) is 4.58. The average molecular weight is 593 g/mol. The number of halogens is 3. The van der Waals surface area contributed by atoms with Crippen LogP contribution in [-0.2, 0) is 9.53 Å². The Morgan fingerprint density at radius 2 is 1.78 bits per heavy atom. The van der Waals surface area contributed by atoms with E-state index in [1.807, 2.05) is 0 Å². The van der Waals surface area contributed by atoms with Crippen LogP contribution in [0.25, 0.3) is 6.08 Å². The van der Waals surface area contributed by atoms with Gasteiger partial charge in [0, 0.05) is 0 Å². The molecule has 2 aliphatic heterocycles. The van der Waals surface area contributed by atoms with Gasteiger partial charge < -0.3 is 28.4 Å². The topological polar surface area (TPSA) is 107 Å². The molecule has 0 N–H and O–H groups in total. The maximum absolute atomic E-state index is 14.4. The molecule has 41 heavy (non-hydrogen) atoms. The number of methoxy groups -OCH3 is 3. The number of fused-ring (bicyclic) bond motifs is 2. The van der Waals surface area contributed by atoms with Gasteiger partial charge in [-0.05, 0) is 48.4 Å². The van der Waals surface area contributed by atoms with E-state index in [1.54, 1.807) is 12.1 Å². The highest BCUT2D eigenvalue weighted by Crippen LogP contribution is 2.42. The molecule has 14 heteroatoms. The fourth-order valence-corrected chi connectivity index (χ4v) is 5.58. The van der Waals surface area contributed by atoms with E-state index in [1.165, 1.54) is 52.5 Å². The van der Waals surface area contributed by atoms with E-state index < -0.39 is 35.0 Å². The summed E-state index contributed by atoms with van der Waals surface area (Å²) in [5.41, 5.74) is -2.31. The Morgan fingerprint density at radius 1 is 1.10 bits per heavy atom. The number of hydrogen-bond donors (Lipinski definition) is 0. The highest BCUT2D eigenvalue weighted by Gasteiger charge is 2.45. The standard InChI is InChI=1S/C27H23F3N2O8S/c1-5-38-25(34)20-21(14-6-7-15-16(11-14)40-12-39-15)32-24(33)19(41-26(32)31-23(20)27(28,29)30)10-13-8-17(35-2)22(37-4)18(9-13)36-3/h6-11,21H,5,12H2,1-4H3/b19-10-/t21-/m0/s1. The van der Waals surface area contributed by atoms with Crippen molar-refractivity contribution in [1.82, 2.24) is 4.57 Å². The van der Waals surface area contributed by atoms with Crippen LogP contribution in [0.3, 0.4) is 0 Å². The first kappa shape index (κ1) is 28.1. The summed E-state index contributed by atoms with van der Waals surface area (Å²) in [4.78, 5) is 30.4. The minimum absolute atomic E-state index is 0.0513. The summed E-state index contributed by atoms with van der Waals surface area (Å²) >= 11 is 0.738. The largest absolute Gasteiger partial charge is 0.493 e. The first-order chi connectivity index (χ1) is 19.6. The minimum Gasteiger partial charge on any atom is -0.493 e. The summed E-state index contributed by atoms with van der Waals surface area (Å²) in [6, 6.07) is 6.05. The van der Waals surface area contributed by atoms with Crippen LogP contribution in [0.5, 0.6) is 28.7 Å². The lowest BCUT2D eigenvalue weighted by Crippen LogP contribution is -2.41. The Bertz CT molecular complexity index is 1720. The zero-order valence-corrected chi connectivity index (χ0v) is 23.0. The maximum atomic E-state index is 14.4. The monoisotopic (exact) mass is 592 g/mol. The molecule has 10 nitrogen and oxygen atoms in total. The molecule has 3 aromatic rings.